The number of para-hydroxylation sites is 1. The number of thiocarbonyl (C=S) groups is 1. The lowest BCUT2D eigenvalue weighted by Gasteiger charge is -2.17. The van der Waals surface area contributed by atoms with E-state index in [1.165, 1.54) is 0 Å². The molecule has 0 saturated heterocycles. The molecule has 0 heterocycles. The first-order valence-corrected chi connectivity index (χ1v) is 6.83. The predicted molar refractivity (Wildman–Crippen MR) is 80.6 cm³/mol. The lowest BCUT2D eigenvalue weighted by Crippen LogP contribution is -2.43. The molecule has 0 aliphatic heterocycles. The standard InChI is InChI=1S/C14H20N2O2S/c1-3-7-11(13(15)19)16-14(17)10-8-5-6-9-12(10)18-4-2/h5-6,8-9,11H,3-4,7H2,1-2H3,(H2,15,19)(H,16,17). The zero-order valence-corrected chi connectivity index (χ0v) is 12.1. The molecule has 1 unspecified atom stereocenters. The van der Waals surface area contributed by atoms with Gasteiger partial charge in [0, 0.05) is 0 Å². The van der Waals surface area contributed by atoms with Crippen molar-refractivity contribution in [3.63, 3.8) is 0 Å². The third-order valence-electron chi connectivity index (χ3n) is 2.66. The molecule has 0 saturated carbocycles. The molecule has 1 aromatic rings. The minimum absolute atomic E-state index is 0.213. The Morgan fingerprint density at radius 3 is 2.68 bits per heavy atom. The maximum absolute atomic E-state index is 12.2. The van der Waals surface area contributed by atoms with Crippen molar-refractivity contribution in [3.05, 3.63) is 29.8 Å². The van der Waals surface area contributed by atoms with Gasteiger partial charge in [-0.15, -0.1) is 0 Å². The second-order valence-electron chi connectivity index (χ2n) is 4.15. The van der Waals surface area contributed by atoms with Crippen LogP contribution in [0, 0.1) is 0 Å². The van der Waals surface area contributed by atoms with Crippen LogP contribution in [-0.4, -0.2) is 23.5 Å². The number of benzene rings is 1. The number of carbonyl (C=O) groups excluding carboxylic acids is 1. The van der Waals surface area contributed by atoms with E-state index in [1.807, 2.05) is 19.9 Å². The maximum atomic E-state index is 12.2. The van der Waals surface area contributed by atoms with Crippen molar-refractivity contribution in [2.75, 3.05) is 6.61 Å². The first kappa shape index (κ1) is 15.4. The Balaban J connectivity index is 2.84. The highest BCUT2D eigenvalue weighted by Crippen LogP contribution is 2.18. The average Bonchev–Trinajstić information content (AvgIpc) is 2.39. The van der Waals surface area contributed by atoms with Gasteiger partial charge in [0.2, 0.25) is 0 Å². The summed E-state index contributed by atoms with van der Waals surface area (Å²) in [5, 5.41) is 2.85. The van der Waals surface area contributed by atoms with Crippen LogP contribution in [0.25, 0.3) is 0 Å². The van der Waals surface area contributed by atoms with E-state index in [0.717, 1.165) is 12.8 Å². The topological polar surface area (TPSA) is 64.3 Å². The summed E-state index contributed by atoms with van der Waals surface area (Å²) in [5.74, 6) is 0.357. The lowest BCUT2D eigenvalue weighted by molar-refractivity contribution is 0.0942. The summed E-state index contributed by atoms with van der Waals surface area (Å²) in [5.41, 5.74) is 6.13. The Morgan fingerprint density at radius 2 is 2.11 bits per heavy atom. The van der Waals surface area contributed by atoms with Crippen LogP contribution in [0.15, 0.2) is 24.3 Å². The van der Waals surface area contributed by atoms with Crippen molar-refractivity contribution >= 4 is 23.1 Å². The van der Waals surface area contributed by atoms with E-state index in [-0.39, 0.29) is 11.9 Å². The first-order chi connectivity index (χ1) is 9.10. The summed E-state index contributed by atoms with van der Waals surface area (Å²) in [6.07, 6.45) is 1.63. The van der Waals surface area contributed by atoms with Crippen LogP contribution in [0.3, 0.4) is 0 Å². The number of hydrogen-bond donors (Lipinski definition) is 2. The number of nitrogens with one attached hydrogen (secondary N) is 1. The van der Waals surface area contributed by atoms with Crippen molar-refractivity contribution in [1.82, 2.24) is 5.32 Å². The minimum atomic E-state index is -0.276. The third kappa shape index (κ3) is 4.52. The quantitative estimate of drug-likeness (QED) is 0.752. The molecule has 1 atom stereocenters. The van der Waals surface area contributed by atoms with Crippen molar-refractivity contribution in [2.24, 2.45) is 5.73 Å². The molecule has 0 bridgehead atoms. The molecule has 104 valence electrons. The van der Waals surface area contributed by atoms with Crippen LogP contribution < -0.4 is 15.8 Å². The highest BCUT2D eigenvalue weighted by atomic mass is 32.1. The molecule has 1 aromatic carbocycles. The van der Waals surface area contributed by atoms with E-state index in [1.54, 1.807) is 18.2 Å². The smallest absolute Gasteiger partial charge is 0.255 e. The van der Waals surface area contributed by atoms with E-state index >= 15 is 0 Å². The molecule has 0 radical (unpaired) electrons. The Labute approximate surface area is 119 Å². The molecule has 0 fully saturated rings. The number of hydrogen-bond acceptors (Lipinski definition) is 3. The predicted octanol–water partition coefficient (Wildman–Crippen LogP) is 2.27. The fraction of sp³-hybridized carbons (Fsp3) is 0.429. The number of carbonyl (C=O) groups is 1. The van der Waals surface area contributed by atoms with Gasteiger partial charge in [0.05, 0.1) is 23.2 Å². The van der Waals surface area contributed by atoms with Gasteiger partial charge in [-0.05, 0) is 25.5 Å². The van der Waals surface area contributed by atoms with Crippen LogP contribution in [-0.2, 0) is 0 Å². The fourth-order valence-corrected chi connectivity index (χ4v) is 1.92. The Hall–Kier alpha value is -1.62. The largest absolute Gasteiger partial charge is 0.493 e. The molecular weight excluding hydrogens is 260 g/mol. The molecule has 1 amide bonds. The summed E-state index contributed by atoms with van der Waals surface area (Å²) in [4.78, 5) is 12.5. The number of amides is 1. The van der Waals surface area contributed by atoms with Gasteiger partial charge in [-0.1, -0.05) is 37.7 Å². The average molecular weight is 280 g/mol. The van der Waals surface area contributed by atoms with Crippen molar-refractivity contribution in [2.45, 2.75) is 32.7 Å². The Bertz CT molecular complexity index is 449. The number of rotatable bonds is 7. The molecule has 0 aliphatic rings. The normalized spacial score (nSPS) is 11.7. The lowest BCUT2D eigenvalue weighted by atomic mass is 10.1. The van der Waals surface area contributed by atoms with Crippen LogP contribution in [0.4, 0.5) is 0 Å². The van der Waals surface area contributed by atoms with Gasteiger partial charge in [-0.25, -0.2) is 0 Å². The van der Waals surface area contributed by atoms with E-state index in [4.69, 9.17) is 22.7 Å². The van der Waals surface area contributed by atoms with Crippen LogP contribution in [0.2, 0.25) is 0 Å². The number of ether oxygens (including phenoxy) is 1. The van der Waals surface area contributed by atoms with E-state index in [0.29, 0.717) is 22.9 Å². The van der Waals surface area contributed by atoms with Gasteiger partial charge in [0.1, 0.15) is 5.75 Å². The van der Waals surface area contributed by atoms with Gasteiger partial charge in [-0.3, -0.25) is 4.79 Å². The summed E-state index contributed by atoms with van der Waals surface area (Å²) in [6, 6.07) is 6.85. The zero-order valence-electron chi connectivity index (χ0n) is 11.3. The second kappa shape index (κ2) is 7.74. The van der Waals surface area contributed by atoms with Gasteiger partial charge >= 0.3 is 0 Å². The highest BCUT2D eigenvalue weighted by molar-refractivity contribution is 7.80. The van der Waals surface area contributed by atoms with Crippen LogP contribution in [0.1, 0.15) is 37.0 Å². The molecule has 1 rings (SSSR count). The summed E-state index contributed by atoms with van der Waals surface area (Å²) in [7, 11) is 0. The molecule has 0 aromatic heterocycles. The van der Waals surface area contributed by atoms with Gasteiger partial charge in [0.15, 0.2) is 0 Å². The molecule has 0 aliphatic carbocycles. The molecule has 0 spiro atoms. The van der Waals surface area contributed by atoms with E-state index < -0.39 is 0 Å². The fourth-order valence-electron chi connectivity index (χ4n) is 1.75. The maximum Gasteiger partial charge on any atom is 0.255 e. The molecular formula is C14H20N2O2S. The summed E-state index contributed by atoms with van der Waals surface area (Å²) >= 11 is 4.97. The molecule has 5 heteroatoms. The molecule has 19 heavy (non-hydrogen) atoms. The molecule has 3 N–H and O–H groups in total. The van der Waals surface area contributed by atoms with E-state index in [2.05, 4.69) is 5.32 Å². The second-order valence-corrected chi connectivity index (χ2v) is 4.62. The van der Waals surface area contributed by atoms with Crippen molar-refractivity contribution < 1.29 is 9.53 Å². The Morgan fingerprint density at radius 1 is 1.42 bits per heavy atom. The highest BCUT2D eigenvalue weighted by Gasteiger charge is 2.17. The van der Waals surface area contributed by atoms with E-state index in [9.17, 15) is 4.79 Å². The van der Waals surface area contributed by atoms with Crippen molar-refractivity contribution in [1.29, 1.82) is 0 Å². The zero-order chi connectivity index (χ0) is 14.3. The molecule has 4 nitrogen and oxygen atoms in total. The summed E-state index contributed by atoms with van der Waals surface area (Å²) in [6.45, 7) is 4.41. The van der Waals surface area contributed by atoms with Crippen LogP contribution >= 0.6 is 12.2 Å². The Kier molecular flexibility index (Phi) is 6.29. The third-order valence-corrected chi connectivity index (χ3v) is 2.94. The minimum Gasteiger partial charge on any atom is -0.493 e. The first-order valence-electron chi connectivity index (χ1n) is 6.42. The van der Waals surface area contributed by atoms with Gasteiger partial charge in [-0.2, -0.15) is 0 Å². The van der Waals surface area contributed by atoms with Crippen molar-refractivity contribution in [3.8, 4) is 5.75 Å². The monoisotopic (exact) mass is 280 g/mol. The van der Waals surface area contributed by atoms with Gasteiger partial charge in [0.25, 0.3) is 5.91 Å². The summed E-state index contributed by atoms with van der Waals surface area (Å²) < 4.78 is 5.44. The SMILES string of the molecule is CCCC(NC(=O)c1ccccc1OCC)C(N)=S. The number of nitrogens with two attached hydrogens (primary N) is 1. The van der Waals surface area contributed by atoms with Gasteiger partial charge < -0.3 is 15.8 Å². The van der Waals surface area contributed by atoms with Crippen LogP contribution in [0.5, 0.6) is 5.75 Å².